The topological polar surface area (TPSA) is 46.5 Å². The Morgan fingerprint density at radius 1 is 1.50 bits per heavy atom. The fourth-order valence-corrected chi connectivity index (χ4v) is 1.40. The van der Waals surface area contributed by atoms with E-state index in [1.165, 1.54) is 0 Å². The molecule has 0 fully saturated rings. The minimum absolute atomic E-state index is 0.148. The summed E-state index contributed by atoms with van der Waals surface area (Å²) in [6.07, 6.45) is 0.404. The molecule has 1 aromatic carbocycles. The van der Waals surface area contributed by atoms with Crippen molar-refractivity contribution in [3.63, 3.8) is 0 Å². The van der Waals surface area contributed by atoms with Crippen molar-refractivity contribution in [2.75, 3.05) is 6.61 Å². The lowest BCUT2D eigenvalue weighted by atomic mass is 10.00. The third-order valence-corrected chi connectivity index (χ3v) is 2.57. The Bertz CT molecular complexity index is 371. The lowest BCUT2D eigenvalue weighted by Gasteiger charge is -2.13. The van der Waals surface area contributed by atoms with E-state index in [9.17, 15) is 9.90 Å². The van der Waals surface area contributed by atoms with Gasteiger partial charge in [-0.2, -0.15) is 0 Å². The molecule has 0 amide bonds. The summed E-state index contributed by atoms with van der Waals surface area (Å²) in [5.41, 5.74) is 1.91. The number of ether oxygens (including phenoxy) is 1. The molecule has 1 N–H and O–H groups in total. The summed E-state index contributed by atoms with van der Waals surface area (Å²) in [6, 6.07) is 5.44. The number of hydrogen-bond acceptors (Lipinski definition) is 3. The molecule has 0 spiro atoms. The first kappa shape index (κ1) is 12.6. The van der Waals surface area contributed by atoms with Crippen LogP contribution in [0.25, 0.3) is 0 Å². The van der Waals surface area contributed by atoms with Crippen molar-refractivity contribution < 1.29 is 14.6 Å². The Kier molecular flexibility index (Phi) is 4.35. The molecule has 16 heavy (non-hydrogen) atoms. The minimum atomic E-state index is -0.178. The molecule has 0 aliphatic heterocycles. The van der Waals surface area contributed by atoms with Gasteiger partial charge in [-0.3, -0.25) is 4.79 Å². The molecule has 1 atom stereocenters. The Labute approximate surface area is 96.1 Å². The third kappa shape index (κ3) is 3.26. The number of hydrogen-bond donors (Lipinski definition) is 1. The average molecular weight is 222 g/mol. The van der Waals surface area contributed by atoms with E-state index >= 15 is 0 Å². The molecule has 0 heterocycles. The highest BCUT2D eigenvalue weighted by molar-refractivity contribution is 5.68. The highest BCUT2D eigenvalue weighted by Gasteiger charge is 2.09. The van der Waals surface area contributed by atoms with Crippen LogP contribution in [0.1, 0.15) is 37.3 Å². The lowest BCUT2D eigenvalue weighted by Crippen LogP contribution is -2.09. The summed E-state index contributed by atoms with van der Waals surface area (Å²) in [5, 5.41) is 9.40. The first-order valence-corrected chi connectivity index (χ1v) is 5.49. The molecule has 88 valence electrons. The second kappa shape index (κ2) is 5.54. The number of carbonyl (C=O) groups is 1. The molecule has 0 saturated carbocycles. The summed E-state index contributed by atoms with van der Waals surface area (Å²) >= 11 is 0. The van der Waals surface area contributed by atoms with E-state index in [4.69, 9.17) is 4.74 Å². The fourth-order valence-electron chi connectivity index (χ4n) is 1.40. The van der Waals surface area contributed by atoms with E-state index in [0.29, 0.717) is 18.8 Å². The van der Waals surface area contributed by atoms with Crippen molar-refractivity contribution in [1.82, 2.24) is 0 Å². The van der Waals surface area contributed by atoms with Crippen molar-refractivity contribution in [1.29, 1.82) is 0 Å². The van der Waals surface area contributed by atoms with Gasteiger partial charge in [0.1, 0.15) is 5.75 Å². The van der Waals surface area contributed by atoms with Gasteiger partial charge >= 0.3 is 5.97 Å². The first-order valence-electron chi connectivity index (χ1n) is 5.49. The highest BCUT2D eigenvalue weighted by Crippen LogP contribution is 2.22. The molecule has 3 heteroatoms. The van der Waals surface area contributed by atoms with Crippen molar-refractivity contribution >= 4 is 5.97 Å². The molecule has 0 bridgehead atoms. The molecule has 3 nitrogen and oxygen atoms in total. The summed E-state index contributed by atoms with van der Waals surface area (Å²) in [4.78, 5) is 11.0. The van der Waals surface area contributed by atoms with Crippen LogP contribution in [0, 0.1) is 6.92 Å². The van der Waals surface area contributed by atoms with Crippen LogP contribution in [0.2, 0.25) is 0 Å². The van der Waals surface area contributed by atoms with Gasteiger partial charge in [0.2, 0.25) is 0 Å². The quantitative estimate of drug-likeness (QED) is 0.797. The number of aromatic hydroxyl groups is 1. The van der Waals surface area contributed by atoms with Gasteiger partial charge in [-0.1, -0.05) is 26.0 Å². The molecule has 0 saturated heterocycles. The van der Waals surface area contributed by atoms with Crippen LogP contribution in [-0.2, 0) is 9.53 Å². The molecule has 1 rings (SSSR count). The number of rotatable bonds is 4. The van der Waals surface area contributed by atoms with Gasteiger partial charge in [-0.15, -0.1) is 0 Å². The molecule has 1 unspecified atom stereocenters. The maximum atomic E-state index is 11.0. The Hall–Kier alpha value is -1.51. The Morgan fingerprint density at radius 3 is 2.75 bits per heavy atom. The van der Waals surface area contributed by atoms with Crippen molar-refractivity contribution in [3.8, 4) is 5.75 Å². The number of aryl methyl sites for hydroxylation is 1. The predicted molar refractivity (Wildman–Crippen MR) is 62.5 cm³/mol. The molecule has 0 aromatic heterocycles. The monoisotopic (exact) mass is 222 g/mol. The van der Waals surface area contributed by atoms with Crippen molar-refractivity contribution in [3.05, 3.63) is 29.3 Å². The Balaban J connectivity index is 2.62. The number of phenolic OH excluding ortho intramolecular Hbond substituents is 1. The standard InChI is InChI=1S/C13H18O3/c1-4-13(15)16-8-10(3)11-5-6-12(14)9(2)7-11/h5-7,10,14H,4,8H2,1-3H3. The fraction of sp³-hybridized carbons (Fsp3) is 0.462. The normalized spacial score (nSPS) is 12.2. The van der Waals surface area contributed by atoms with Gasteiger partial charge < -0.3 is 9.84 Å². The smallest absolute Gasteiger partial charge is 0.305 e. The van der Waals surface area contributed by atoms with E-state index < -0.39 is 0 Å². The van der Waals surface area contributed by atoms with E-state index in [1.54, 1.807) is 13.0 Å². The van der Waals surface area contributed by atoms with E-state index in [0.717, 1.165) is 11.1 Å². The molecule has 1 aromatic rings. The van der Waals surface area contributed by atoms with Crippen LogP contribution < -0.4 is 0 Å². The van der Waals surface area contributed by atoms with Gasteiger partial charge in [-0.25, -0.2) is 0 Å². The lowest BCUT2D eigenvalue weighted by molar-refractivity contribution is -0.143. The maximum Gasteiger partial charge on any atom is 0.305 e. The molecular weight excluding hydrogens is 204 g/mol. The van der Waals surface area contributed by atoms with Crippen LogP contribution in [0.3, 0.4) is 0 Å². The van der Waals surface area contributed by atoms with Gasteiger partial charge in [0.25, 0.3) is 0 Å². The van der Waals surface area contributed by atoms with Crippen molar-refractivity contribution in [2.45, 2.75) is 33.1 Å². The number of benzene rings is 1. The predicted octanol–water partition coefficient (Wildman–Crippen LogP) is 2.76. The number of esters is 1. The van der Waals surface area contributed by atoms with Crippen LogP contribution >= 0.6 is 0 Å². The molecular formula is C13H18O3. The Morgan fingerprint density at radius 2 is 2.19 bits per heavy atom. The maximum absolute atomic E-state index is 11.0. The summed E-state index contributed by atoms with van der Waals surface area (Å²) in [7, 11) is 0. The zero-order valence-corrected chi connectivity index (χ0v) is 9.99. The second-order valence-corrected chi connectivity index (χ2v) is 3.98. The third-order valence-electron chi connectivity index (χ3n) is 2.57. The molecule has 0 radical (unpaired) electrons. The van der Waals surface area contributed by atoms with Crippen LogP contribution in [0.15, 0.2) is 18.2 Å². The summed E-state index contributed by atoms with van der Waals surface area (Å²) < 4.78 is 5.08. The van der Waals surface area contributed by atoms with Crippen LogP contribution in [0.4, 0.5) is 0 Å². The molecule has 0 aliphatic rings. The average Bonchev–Trinajstić information content (AvgIpc) is 2.29. The van der Waals surface area contributed by atoms with Gasteiger partial charge in [0, 0.05) is 12.3 Å². The van der Waals surface area contributed by atoms with Gasteiger partial charge in [-0.05, 0) is 24.1 Å². The number of carbonyl (C=O) groups excluding carboxylic acids is 1. The number of phenols is 1. The zero-order valence-electron chi connectivity index (χ0n) is 9.99. The van der Waals surface area contributed by atoms with Gasteiger partial charge in [0.05, 0.1) is 6.61 Å². The van der Waals surface area contributed by atoms with E-state index in [2.05, 4.69) is 0 Å². The van der Waals surface area contributed by atoms with Crippen LogP contribution in [-0.4, -0.2) is 17.7 Å². The first-order chi connectivity index (χ1) is 7.54. The zero-order chi connectivity index (χ0) is 12.1. The van der Waals surface area contributed by atoms with Crippen LogP contribution in [0.5, 0.6) is 5.75 Å². The van der Waals surface area contributed by atoms with E-state index in [-0.39, 0.29) is 11.9 Å². The molecule has 0 aliphatic carbocycles. The second-order valence-electron chi connectivity index (χ2n) is 3.98. The largest absolute Gasteiger partial charge is 0.508 e. The minimum Gasteiger partial charge on any atom is -0.508 e. The summed E-state index contributed by atoms with van der Waals surface area (Å²) in [6.45, 7) is 6.01. The van der Waals surface area contributed by atoms with Crippen molar-refractivity contribution in [2.24, 2.45) is 0 Å². The SMILES string of the molecule is CCC(=O)OCC(C)c1ccc(O)c(C)c1. The van der Waals surface area contributed by atoms with Gasteiger partial charge in [0.15, 0.2) is 0 Å². The summed E-state index contributed by atoms with van der Waals surface area (Å²) in [5.74, 6) is 0.263. The van der Waals surface area contributed by atoms with E-state index in [1.807, 2.05) is 26.0 Å². The highest BCUT2D eigenvalue weighted by atomic mass is 16.5.